The second kappa shape index (κ2) is 2.76. The van der Waals surface area contributed by atoms with Crippen LogP contribution in [0.15, 0.2) is 18.2 Å². The molecule has 0 radical (unpaired) electrons. The fourth-order valence-corrected chi connectivity index (χ4v) is 1.44. The van der Waals surface area contributed by atoms with E-state index >= 15 is 0 Å². The van der Waals surface area contributed by atoms with Gasteiger partial charge in [0.15, 0.2) is 0 Å². The molecule has 0 spiro atoms. The highest BCUT2D eigenvalue weighted by Gasteiger charge is 2.04. The van der Waals surface area contributed by atoms with Crippen LogP contribution in [-0.2, 0) is 7.05 Å². The van der Waals surface area contributed by atoms with Crippen LogP contribution in [-0.4, -0.2) is 16.9 Å². The minimum Gasteiger partial charge on any atom is -0.497 e. The van der Waals surface area contributed by atoms with Crippen LogP contribution >= 0.6 is 0 Å². The standard InChI is InChI=1S/C10H12N2O/c1-7-9-5-4-8(13-3)6-10(9)11-12(7)2/h4-6H,1-3H3. The lowest BCUT2D eigenvalue weighted by Crippen LogP contribution is -1.91. The Bertz CT molecular complexity index is 445. The lowest BCUT2D eigenvalue weighted by Gasteiger charge is -1.97. The van der Waals surface area contributed by atoms with Crippen LogP contribution in [0.25, 0.3) is 10.9 Å². The van der Waals surface area contributed by atoms with Crippen molar-refractivity contribution in [2.75, 3.05) is 7.11 Å². The van der Waals surface area contributed by atoms with Crippen molar-refractivity contribution >= 4 is 10.9 Å². The third-order valence-corrected chi connectivity index (χ3v) is 2.34. The molecular weight excluding hydrogens is 164 g/mol. The van der Waals surface area contributed by atoms with Crippen LogP contribution in [0, 0.1) is 6.92 Å². The largest absolute Gasteiger partial charge is 0.497 e. The van der Waals surface area contributed by atoms with Crippen molar-refractivity contribution in [1.82, 2.24) is 9.78 Å². The number of methoxy groups -OCH3 is 1. The Morgan fingerprint density at radius 3 is 2.85 bits per heavy atom. The van der Waals surface area contributed by atoms with Gasteiger partial charge in [0.1, 0.15) is 5.75 Å². The van der Waals surface area contributed by atoms with Gasteiger partial charge in [-0.2, -0.15) is 5.10 Å². The average Bonchev–Trinajstić information content (AvgIpc) is 2.42. The number of aryl methyl sites for hydroxylation is 2. The first-order chi connectivity index (χ1) is 6.22. The van der Waals surface area contributed by atoms with Gasteiger partial charge in [0.25, 0.3) is 0 Å². The number of fused-ring (bicyclic) bond motifs is 1. The minimum absolute atomic E-state index is 0.852. The Morgan fingerprint density at radius 1 is 1.38 bits per heavy atom. The van der Waals surface area contributed by atoms with Crippen LogP contribution in [0.1, 0.15) is 5.69 Å². The average molecular weight is 176 g/mol. The summed E-state index contributed by atoms with van der Waals surface area (Å²) in [5, 5.41) is 5.54. The van der Waals surface area contributed by atoms with Crippen molar-refractivity contribution in [2.24, 2.45) is 7.05 Å². The molecule has 0 saturated carbocycles. The van der Waals surface area contributed by atoms with Gasteiger partial charge in [-0.1, -0.05) is 0 Å². The fourth-order valence-electron chi connectivity index (χ4n) is 1.44. The van der Waals surface area contributed by atoms with E-state index in [-0.39, 0.29) is 0 Å². The molecule has 1 aromatic heterocycles. The van der Waals surface area contributed by atoms with Gasteiger partial charge in [0, 0.05) is 24.2 Å². The molecule has 2 aromatic rings. The number of hydrogen-bond donors (Lipinski definition) is 0. The Kier molecular flexibility index (Phi) is 1.72. The van der Waals surface area contributed by atoms with E-state index in [1.165, 1.54) is 11.1 Å². The number of nitrogens with zero attached hydrogens (tertiary/aromatic N) is 2. The Morgan fingerprint density at radius 2 is 2.15 bits per heavy atom. The molecule has 0 unspecified atom stereocenters. The maximum absolute atomic E-state index is 5.12. The van der Waals surface area contributed by atoms with Gasteiger partial charge in [-0.05, 0) is 19.1 Å². The summed E-state index contributed by atoms with van der Waals surface area (Å²) in [6, 6.07) is 5.94. The fraction of sp³-hybridized carbons (Fsp3) is 0.300. The molecule has 0 fully saturated rings. The zero-order valence-corrected chi connectivity index (χ0v) is 8.03. The molecule has 0 aliphatic rings. The van der Waals surface area contributed by atoms with Crippen molar-refractivity contribution in [3.63, 3.8) is 0 Å². The summed E-state index contributed by atoms with van der Waals surface area (Å²) in [6.45, 7) is 2.06. The zero-order chi connectivity index (χ0) is 9.42. The predicted molar refractivity (Wildman–Crippen MR) is 52.0 cm³/mol. The summed E-state index contributed by atoms with van der Waals surface area (Å²) < 4.78 is 7.00. The monoisotopic (exact) mass is 176 g/mol. The second-order valence-electron chi connectivity index (χ2n) is 3.09. The lowest BCUT2D eigenvalue weighted by atomic mass is 10.2. The van der Waals surface area contributed by atoms with Crippen LogP contribution in [0.2, 0.25) is 0 Å². The third kappa shape index (κ3) is 1.16. The maximum atomic E-state index is 5.12. The van der Waals surface area contributed by atoms with Gasteiger partial charge in [-0.25, -0.2) is 0 Å². The molecule has 0 aliphatic carbocycles. The molecule has 13 heavy (non-hydrogen) atoms. The van der Waals surface area contributed by atoms with Crippen LogP contribution in [0.4, 0.5) is 0 Å². The molecule has 0 N–H and O–H groups in total. The quantitative estimate of drug-likeness (QED) is 0.663. The number of benzene rings is 1. The summed E-state index contributed by atoms with van der Waals surface area (Å²) in [7, 11) is 3.61. The number of aromatic nitrogens is 2. The molecule has 68 valence electrons. The van der Waals surface area contributed by atoms with Gasteiger partial charge in [0.2, 0.25) is 0 Å². The van der Waals surface area contributed by atoms with E-state index in [4.69, 9.17) is 4.74 Å². The molecule has 1 aromatic carbocycles. The van der Waals surface area contributed by atoms with E-state index in [9.17, 15) is 0 Å². The smallest absolute Gasteiger partial charge is 0.121 e. The van der Waals surface area contributed by atoms with E-state index in [1.807, 2.05) is 29.9 Å². The van der Waals surface area contributed by atoms with Gasteiger partial charge in [0.05, 0.1) is 12.6 Å². The van der Waals surface area contributed by atoms with Crippen molar-refractivity contribution < 1.29 is 4.74 Å². The first-order valence-electron chi connectivity index (χ1n) is 4.19. The molecule has 0 bridgehead atoms. The molecule has 0 saturated heterocycles. The molecular formula is C10H12N2O. The molecule has 3 nitrogen and oxygen atoms in total. The summed E-state index contributed by atoms with van der Waals surface area (Å²) in [5.74, 6) is 0.852. The van der Waals surface area contributed by atoms with E-state index < -0.39 is 0 Å². The first-order valence-corrected chi connectivity index (χ1v) is 4.19. The molecule has 3 heteroatoms. The van der Waals surface area contributed by atoms with Crippen molar-refractivity contribution in [1.29, 1.82) is 0 Å². The Balaban J connectivity index is 2.73. The number of rotatable bonds is 1. The van der Waals surface area contributed by atoms with Crippen molar-refractivity contribution in [2.45, 2.75) is 6.92 Å². The number of hydrogen-bond acceptors (Lipinski definition) is 2. The molecule has 2 rings (SSSR count). The van der Waals surface area contributed by atoms with Gasteiger partial charge >= 0.3 is 0 Å². The second-order valence-corrected chi connectivity index (χ2v) is 3.09. The molecule has 0 atom stereocenters. The predicted octanol–water partition coefficient (Wildman–Crippen LogP) is 1.89. The van der Waals surface area contributed by atoms with E-state index in [1.54, 1.807) is 7.11 Å². The van der Waals surface area contributed by atoms with Gasteiger partial charge < -0.3 is 4.74 Å². The first kappa shape index (κ1) is 8.10. The Hall–Kier alpha value is -1.51. The van der Waals surface area contributed by atoms with Crippen LogP contribution in [0.3, 0.4) is 0 Å². The highest BCUT2D eigenvalue weighted by molar-refractivity contribution is 5.82. The van der Waals surface area contributed by atoms with Gasteiger partial charge in [-0.15, -0.1) is 0 Å². The maximum Gasteiger partial charge on any atom is 0.121 e. The Labute approximate surface area is 76.9 Å². The summed E-state index contributed by atoms with van der Waals surface area (Å²) in [5.41, 5.74) is 2.16. The van der Waals surface area contributed by atoms with Crippen LogP contribution < -0.4 is 4.74 Å². The topological polar surface area (TPSA) is 27.1 Å². The van der Waals surface area contributed by atoms with E-state index in [0.717, 1.165) is 11.3 Å². The molecule has 1 heterocycles. The summed E-state index contributed by atoms with van der Waals surface area (Å²) in [6.07, 6.45) is 0. The van der Waals surface area contributed by atoms with E-state index in [2.05, 4.69) is 12.0 Å². The summed E-state index contributed by atoms with van der Waals surface area (Å²) in [4.78, 5) is 0. The van der Waals surface area contributed by atoms with Crippen molar-refractivity contribution in [3.8, 4) is 5.75 Å². The SMILES string of the molecule is COc1ccc2c(C)n(C)nc2c1. The molecule has 0 aliphatic heterocycles. The normalized spacial score (nSPS) is 10.7. The zero-order valence-electron chi connectivity index (χ0n) is 8.03. The lowest BCUT2D eigenvalue weighted by molar-refractivity contribution is 0.415. The third-order valence-electron chi connectivity index (χ3n) is 2.34. The minimum atomic E-state index is 0.852. The highest BCUT2D eigenvalue weighted by atomic mass is 16.5. The molecule has 0 amide bonds. The van der Waals surface area contributed by atoms with E-state index in [0.29, 0.717) is 0 Å². The van der Waals surface area contributed by atoms with Crippen molar-refractivity contribution in [3.05, 3.63) is 23.9 Å². The van der Waals surface area contributed by atoms with Crippen LogP contribution in [0.5, 0.6) is 5.75 Å². The summed E-state index contributed by atoms with van der Waals surface area (Å²) >= 11 is 0. The van der Waals surface area contributed by atoms with Gasteiger partial charge in [-0.3, -0.25) is 4.68 Å². The number of ether oxygens (including phenoxy) is 1. The highest BCUT2D eigenvalue weighted by Crippen LogP contribution is 2.21.